The summed E-state index contributed by atoms with van der Waals surface area (Å²) in [6, 6.07) is 17.6. The second kappa shape index (κ2) is 9.55. The molecule has 6 heteroatoms. The summed E-state index contributed by atoms with van der Waals surface area (Å²) in [5.74, 6) is -0.0502. The van der Waals surface area contributed by atoms with E-state index in [9.17, 15) is 9.59 Å². The molecule has 5 nitrogen and oxygen atoms in total. The number of fused-ring (bicyclic) bond motifs is 1. The first-order valence-corrected chi connectivity index (χ1v) is 10.5. The Balaban J connectivity index is 1.88. The number of amides is 1. The fourth-order valence-electron chi connectivity index (χ4n) is 3.05. The molecule has 3 rings (SSSR count). The maximum absolute atomic E-state index is 13.1. The zero-order valence-electron chi connectivity index (χ0n) is 16.2. The maximum Gasteiger partial charge on any atom is 0.262 e. The van der Waals surface area contributed by atoms with Gasteiger partial charge < -0.3 is 5.32 Å². The predicted molar refractivity (Wildman–Crippen MR) is 115 cm³/mol. The van der Waals surface area contributed by atoms with Crippen LogP contribution in [0.3, 0.4) is 0 Å². The maximum atomic E-state index is 13.1. The molecule has 0 saturated carbocycles. The van der Waals surface area contributed by atoms with Crippen molar-refractivity contribution in [2.24, 2.45) is 0 Å². The highest BCUT2D eigenvalue weighted by Crippen LogP contribution is 2.23. The van der Waals surface area contributed by atoms with Gasteiger partial charge in [0.2, 0.25) is 5.91 Å². The lowest BCUT2D eigenvalue weighted by Gasteiger charge is -2.16. The Hall–Kier alpha value is -2.60. The van der Waals surface area contributed by atoms with Crippen molar-refractivity contribution in [3.05, 3.63) is 70.5 Å². The third kappa shape index (κ3) is 4.81. The molecular formula is C22H25N3O2S. The number of thioether (sulfide) groups is 1. The van der Waals surface area contributed by atoms with Crippen LogP contribution in [0.25, 0.3) is 10.9 Å². The van der Waals surface area contributed by atoms with Crippen molar-refractivity contribution in [3.63, 3.8) is 0 Å². The minimum absolute atomic E-state index is 0.0502. The fraction of sp³-hybridized carbons (Fsp3) is 0.318. The van der Waals surface area contributed by atoms with Gasteiger partial charge in [0.05, 0.1) is 16.2 Å². The topological polar surface area (TPSA) is 64.0 Å². The van der Waals surface area contributed by atoms with Gasteiger partial charge >= 0.3 is 0 Å². The Morgan fingerprint density at radius 3 is 2.61 bits per heavy atom. The Kier molecular flexibility index (Phi) is 6.87. The molecule has 0 saturated heterocycles. The van der Waals surface area contributed by atoms with Gasteiger partial charge in [-0.25, -0.2) is 4.98 Å². The molecule has 1 unspecified atom stereocenters. The van der Waals surface area contributed by atoms with E-state index in [1.54, 1.807) is 10.6 Å². The predicted octanol–water partition coefficient (Wildman–Crippen LogP) is 3.65. The summed E-state index contributed by atoms with van der Waals surface area (Å²) in [5.41, 5.74) is 1.86. The minimum Gasteiger partial charge on any atom is -0.355 e. The van der Waals surface area contributed by atoms with Crippen molar-refractivity contribution >= 4 is 28.6 Å². The number of carbonyl (C=O) groups excluding carboxylic acids is 1. The van der Waals surface area contributed by atoms with Crippen molar-refractivity contribution in [3.8, 4) is 0 Å². The van der Waals surface area contributed by atoms with Gasteiger partial charge in [-0.15, -0.1) is 0 Å². The molecule has 28 heavy (non-hydrogen) atoms. The third-order valence-electron chi connectivity index (χ3n) is 4.52. The number of hydrogen-bond acceptors (Lipinski definition) is 4. The van der Waals surface area contributed by atoms with Crippen LogP contribution in [0, 0.1) is 0 Å². The van der Waals surface area contributed by atoms with E-state index >= 15 is 0 Å². The quantitative estimate of drug-likeness (QED) is 0.467. The standard InChI is InChI=1S/C22H25N3O2S/c1-3-23-20(26)16(2)28-22-24-19-14-8-7-13-18(19)21(27)25(22)15-9-12-17-10-5-4-6-11-17/h4-8,10-11,13-14,16H,3,9,12,15H2,1-2H3,(H,23,26). The molecule has 3 aromatic rings. The van der Waals surface area contributed by atoms with Crippen LogP contribution in [-0.2, 0) is 17.8 Å². The van der Waals surface area contributed by atoms with Crippen molar-refractivity contribution in [1.82, 2.24) is 14.9 Å². The molecule has 2 aromatic carbocycles. The van der Waals surface area contributed by atoms with Crippen LogP contribution >= 0.6 is 11.8 Å². The number of aryl methyl sites for hydroxylation is 1. The van der Waals surface area contributed by atoms with E-state index in [4.69, 9.17) is 4.98 Å². The fourth-order valence-corrected chi connectivity index (χ4v) is 4.01. The molecule has 1 heterocycles. The van der Waals surface area contributed by atoms with Crippen LogP contribution in [-0.4, -0.2) is 27.3 Å². The highest BCUT2D eigenvalue weighted by atomic mass is 32.2. The van der Waals surface area contributed by atoms with Gasteiger partial charge in [-0.1, -0.05) is 54.2 Å². The molecule has 1 N–H and O–H groups in total. The highest BCUT2D eigenvalue weighted by molar-refractivity contribution is 8.00. The summed E-state index contributed by atoms with van der Waals surface area (Å²) >= 11 is 1.33. The van der Waals surface area contributed by atoms with E-state index in [1.165, 1.54) is 17.3 Å². The Labute approximate surface area is 169 Å². The zero-order chi connectivity index (χ0) is 19.9. The molecule has 0 bridgehead atoms. The van der Waals surface area contributed by atoms with Crippen LogP contribution in [0.15, 0.2) is 64.5 Å². The van der Waals surface area contributed by atoms with Crippen LogP contribution in [0.1, 0.15) is 25.8 Å². The molecule has 0 spiro atoms. The molecule has 1 amide bonds. The van der Waals surface area contributed by atoms with Crippen molar-refractivity contribution in [2.75, 3.05) is 6.54 Å². The van der Waals surface area contributed by atoms with Gasteiger partial charge in [0, 0.05) is 13.1 Å². The molecule has 1 aromatic heterocycles. The first-order chi connectivity index (χ1) is 13.6. The second-order valence-electron chi connectivity index (χ2n) is 6.61. The summed E-state index contributed by atoms with van der Waals surface area (Å²) in [5, 5.41) is 3.70. The van der Waals surface area contributed by atoms with Crippen LogP contribution in [0.2, 0.25) is 0 Å². The number of nitrogens with zero attached hydrogens (tertiary/aromatic N) is 2. The lowest BCUT2D eigenvalue weighted by atomic mass is 10.1. The average molecular weight is 396 g/mol. The first-order valence-electron chi connectivity index (χ1n) is 9.58. The third-order valence-corrected chi connectivity index (χ3v) is 5.61. The molecule has 0 aliphatic heterocycles. The number of carbonyl (C=O) groups is 1. The number of para-hydroxylation sites is 1. The van der Waals surface area contributed by atoms with E-state index in [0.717, 1.165) is 12.8 Å². The molecule has 1 atom stereocenters. The summed E-state index contributed by atoms with van der Waals surface area (Å²) in [6.45, 7) is 4.88. The average Bonchev–Trinajstić information content (AvgIpc) is 2.71. The number of nitrogens with one attached hydrogen (secondary N) is 1. The van der Waals surface area contributed by atoms with Crippen molar-refractivity contribution < 1.29 is 4.79 Å². The van der Waals surface area contributed by atoms with Gasteiger partial charge in [-0.3, -0.25) is 14.2 Å². The van der Waals surface area contributed by atoms with Gasteiger partial charge in [0.15, 0.2) is 5.16 Å². The van der Waals surface area contributed by atoms with Gasteiger partial charge in [-0.2, -0.15) is 0 Å². The van der Waals surface area contributed by atoms with E-state index in [-0.39, 0.29) is 16.7 Å². The highest BCUT2D eigenvalue weighted by Gasteiger charge is 2.18. The van der Waals surface area contributed by atoms with E-state index in [0.29, 0.717) is 29.1 Å². The number of rotatable bonds is 8. The smallest absolute Gasteiger partial charge is 0.262 e. The molecule has 0 fully saturated rings. The van der Waals surface area contributed by atoms with E-state index in [1.807, 2.05) is 50.2 Å². The van der Waals surface area contributed by atoms with Gasteiger partial charge in [-0.05, 0) is 44.4 Å². The molecule has 0 radical (unpaired) electrons. The number of aromatic nitrogens is 2. The van der Waals surface area contributed by atoms with E-state index < -0.39 is 0 Å². The van der Waals surface area contributed by atoms with Crippen molar-refractivity contribution in [1.29, 1.82) is 0 Å². The van der Waals surface area contributed by atoms with Crippen LogP contribution in [0.5, 0.6) is 0 Å². The van der Waals surface area contributed by atoms with Crippen LogP contribution in [0.4, 0.5) is 0 Å². The normalized spacial score (nSPS) is 12.1. The lowest BCUT2D eigenvalue weighted by Crippen LogP contribution is -2.32. The largest absolute Gasteiger partial charge is 0.355 e. The summed E-state index contributed by atoms with van der Waals surface area (Å²) in [6.07, 6.45) is 1.71. The van der Waals surface area contributed by atoms with Gasteiger partial charge in [0.25, 0.3) is 5.56 Å². The van der Waals surface area contributed by atoms with Gasteiger partial charge in [0.1, 0.15) is 0 Å². The Morgan fingerprint density at radius 1 is 1.14 bits per heavy atom. The summed E-state index contributed by atoms with van der Waals surface area (Å²) in [4.78, 5) is 29.9. The van der Waals surface area contributed by atoms with Crippen molar-refractivity contribution in [2.45, 2.75) is 43.6 Å². The number of hydrogen-bond donors (Lipinski definition) is 1. The molecule has 146 valence electrons. The zero-order valence-corrected chi connectivity index (χ0v) is 17.0. The number of benzene rings is 2. The van der Waals surface area contributed by atoms with Crippen LogP contribution < -0.4 is 10.9 Å². The SMILES string of the molecule is CCNC(=O)C(C)Sc1nc2ccccc2c(=O)n1CCCc1ccccc1. The molecule has 0 aliphatic carbocycles. The molecule has 0 aliphatic rings. The lowest BCUT2D eigenvalue weighted by molar-refractivity contribution is -0.120. The molecular weight excluding hydrogens is 370 g/mol. The first kappa shape index (κ1) is 20.1. The Bertz CT molecular complexity index is 1000. The summed E-state index contributed by atoms with van der Waals surface area (Å²) < 4.78 is 1.71. The summed E-state index contributed by atoms with van der Waals surface area (Å²) in [7, 11) is 0. The van der Waals surface area contributed by atoms with E-state index in [2.05, 4.69) is 17.4 Å². The Morgan fingerprint density at radius 2 is 1.86 bits per heavy atom. The minimum atomic E-state index is -0.326. The monoisotopic (exact) mass is 395 g/mol. The second-order valence-corrected chi connectivity index (χ2v) is 7.92.